The SMILES string of the molecule is COCc1cccc(C(=O)NC[C@@H]2CCOc3ccccc3C2)n1. The van der Waals surface area contributed by atoms with Gasteiger partial charge >= 0.3 is 0 Å². The van der Waals surface area contributed by atoms with Crippen molar-refractivity contribution < 1.29 is 14.3 Å². The van der Waals surface area contributed by atoms with Crippen molar-refractivity contribution in [2.24, 2.45) is 5.92 Å². The number of hydrogen-bond donors (Lipinski definition) is 1. The fourth-order valence-corrected chi connectivity index (χ4v) is 2.90. The number of nitrogens with zero attached hydrogens (tertiary/aromatic N) is 1. The number of fused-ring (bicyclic) bond motifs is 1. The van der Waals surface area contributed by atoms with Gasteiger partial charge in [-0.25, -0.2) is 4.98 Å². The van der Waals surface area contributed by atoms with Crippen LogP contribution >= 0.6 is 0 Å². The third-order valence-electron chi connectivity index (χ3n) is 4.15. The molecule has 5 nitrogen and oxygen atoms in total. The molecular weight excluding hydrogens is 304 g/mol. The second-order valence-electron chi connectivity index (χ2n) is 5.97. The van der Waals surface area contributed by atoms with Gasteiger partial charge in [-0.05, 0) is 42.5 Å². The van der Waals surface area contributed by atoms with E-state index < -0.39 is 0 Å². The van der Waals surface area contributed by atoms with Crippen LogP contribution in [-0.2, 0) is 17.8 Å². The highest BCUT2D eigenvalue weighted by atomic mass is 16.5. The predicted molar refractivity (Wildman–Crippen MR) is 91.0 cm³/mol. The van der Waals surface area contributed by atoms with E-state index in [2.05, 4.69) is 16.4 Å². The maximum absolute atomic E-state index is 12.3. The Morgan fingerprint density at radius 1 is 1.29 bits per heavy atom. The summed E-state index contributed by atoms with van der Waals surface area (Å²) in [7, 11) is 1.61. The zero-order chi connectivity index (χ0) is 16.8. The summed E-state index contributed by atoms with van der Waals surface area (Å²) in [6, 6.07) is 13.5. The molecular formula is C19H22N2O3. The number of carbonyl (C=O) groups excluding carboxylic acids is 1. The average molecular weight is 326 g/mol. The highest BCUT2D eigenvalue weighted by Crippen LogP contribution is 2.26. The van der Waals surface area contributed by atoms with E-state index in [1.165, 1.54) is 5.56 Å². The number of para-hydroxylation sites is 1. The van der Waals surface area contributed by atoms with E-state index in [0.29, 0.717) is 31.4 Å². The Morgan fingerprint density at radius 2 is 2.17 bits per heavy atom. The second kappa shape index (κ2) is 7.93. The van der Waals surface area contributed by atoms with Gasteiger partial charge in [-0.1, -0.05) is 24.3 Å². The number of nitrogens with one attached hydrogen (secondary N) is 1. The molecule has 0 radical (unpaired) electrons. The minimum atomic E-state index is -0.147. The molecule has 1 aliphatic rings. The number of amides is 1. The Kier molecular flexibility index (Phi) is 5.43. The lowest BCUT2D eigenvalue weighted by Gasteiger charge is -2.14. The smallest absolute Gasteiger partial charge is 0.269 e. The van der Waals surface area contributed by atoms with E-state index in [1.54, 1.807) is 13.2 Å². The van der Waals surface area contributed by atoms with Crippen LogP contribution in [-0.4, -0.2) is 31.2 Å². The van der Waals surface area contributed by atoms with Gasteiger partial charge in [0, 0.05) is 13.7 Å². The van der Waals surface area contributed by atoms with Crippen molar-refractivity contribution in [1.82, 2.24) is 10.3 Å². The van der Waals surface area contributed by atoms with Gasteiger partial charge in [-0.15, -0.1) is 0 Å². The van der Waals surface area contributed by atoms with Crippen molar-refractivity contribution in [3.8, 4) is 5.75 Å². The molecule has 1 atom stereocenters. The Bertz CT molecular complexity index is 703. The minimum Gasteiger partial charge on any atom is -0.493 e. The summed E-state index contributed by atoms with van der Waals surface area (Å²) in [6.07, 6.45) is 1.83. The molecule has 0 fully saturated rings. The van der Waals surface area contributed by atoms with E-state index in [1.807, 2.05) is 30.3 Å². The lowest BCUT2D eigenvalue weighted by atomic mass is 9.97. The predicted octanol–water partition coefficient (Wildman–Crippen LogP) is 2.60. The first-order chi connectivity index (χ1) is 11.8. The van der Waals surface area contributed by atoms with Crippen LogP contribution in [0.3, 0.4) is 0 Å². The third-order valence-corrected chi connectivity index (χ3v) is 4.15. The summed E-state index contributed by atoms with van der Waals surface area (Å²) in [5.74, 6) is 1.17. The number of methoxy groups -OCH3 is 1. The van der Waals surface area contributed by atoms with Crippen molar-refractivity contribution in [3.05, 3.63) is 59.4 Å². The molecule has 1 amide bonds. The molecule has 3 rings (SSSR count). The van der Waals surface area contributed by atoms with Crippen LogP contribution in [0.2, 0.25) is 0 Å². The number of ether oxygens (including phenoxy) is 2. The number of hydrogen-bond acceptors (Lipinski definition) is 4. The summed E-state index contributed by atoms with van der Waals surface area (Å²) < 4.78 is 10.8. The zero-order valence-corrected chi connectivity index (χ0v) is 13.8. The van der Waals surface area contributed by atoms with Crippen LogP contribution < -0.4 is 10.1 Å². The Balaban J connectivity index is 1.59. The fraction of sp³-hybridized carbons (Fsp3) is 0.368. The highest BCUT2D eigenvalue weighted by Gasteiger charge is 2.18. The number of benzene rings is 1. The standard InChI is InChI=1S/C19H22N2O3/c1-23-13-16-6-4-7-17(21-16)19(22)20-12-14-9-10-24-18-8-3-2-5-15(18)11-14/h2-8,14H,9-13H2,1H3,(H,20,22)/t14-/m1/s1. The summed E-state index contributed by atoms with van der Waals surface area (Å²) in [5, 5.41) is 3.00. The Labute approximate surface area is 142 Å². The molecule has 0 spiro atoms. The maximum atomic E-state index is 12.3. The summed E-state index contributed by atoms with van der Waals surface area (Å²) in [6.45, 7) is 1.70. The van der Waals surface area contributed by atoms with Crippen LogP contribution in [0.4, 0.5) is 0 Å². The van der Waals surface area contributed by atoms with E-state index >= 15 is 0 Å². The van der Waals surface area contributed by atoms with E-state index in [0.717, 1.165) is 24.3 Å². The Morgan fingerprint density at radius 3 is 3.04 bits per heavy atom. The molecule has 5 heteroatoms. The van der Waals surface area contributed by atoms with Gasteiger partial charge in [0.15, 0.2) is 0 Å². The second-order valence-corrected chi connectivity index (χ2v) is 5.97. The van der Waals surface area contributed by atoms with Crippen molar-refractivity contribution in [2.45, 2.75) is 19.4 Å². The average Bonchev–Trinajstić information content (AvgIpc) is 2.82. The lowest BCUT2D eigenvalue weighted by Crippen LogP contribution is -2.31. The van der Waals surface area contributed by atoms with Crippen LogP contribution in [0.1, 0.15) is 28.2 Å². The van der Waals surface area contributed by atoms with Gasteiger partial charge in [0.2, 0.25) is 0 Å². The maximum Gasteiger partial charge on any atom is 0.269 e. The molecule has 0 aliphatic carbocycles. The zero-order valence-electron chi connectivity index (χ0n) is 13.8. The summed E-state index contributed by atoms with van der Waals surface area (Å²) in [5.41, 5.74) is 2.38. The largest absolute Gasteiger partial charge is 0.493 e. The van der Waals surface area contributed by atoms with E-state index in [9.17, 15) is 4.79 Å². The summed E-state index contributed by atoms with van der Waals surface area (Å²) >= 11 is 0. The molecule has 0 saturated carbocycles. The molecule has 1 aromatic carbocycles. The quantitative estimate of drug-likeness (QED) is 0.917. The Hall–Kier alpha value is -2.40. The molecule has 0 saturated heterocycles. The molecule has 24 heavy (non-hydrogen) atoms. The molecule has 2 aromatic rings. The third kappa shape index (κ3) is 4.11. The van der Waals surface area contributed by atoms with Gasteiger partial charge in [-0.2, -0.15) is 0 Å². The van der Waals surface area contributed by atoms with Gasteiger partial charge in [0.05, 0.1) is 18.9 Å². The van der Waals surface area contributed by atoms with Crippen LogP contribution in [0.5, 0.6) is 5.75 Å². The van der Waals surface area contributed by atoms with E-state index in [4.69, 9.17) is 9.47 Å². The molecule has 0 unspecified atom stereocenters. The van der Waals surface area contributed by atoms with E-state index in [-0.39, 0.29) is 5.91 Å². The van der Waals surface area contributed by atoms with Gasteiger partial charge in [-0.3, -0.25) is 4.79 Å². The lowest BCUT2D eigenvalue weighted by molar-refractivity contribution is 0.0939. The molecule has 1 N–H and O–H groups in total. The van der Waals surface area contributed by atoms with Crippen LogP contribution in [0, 0.1) is 5.92 Å². The topological polar surface area (TPSA) is 60.5 Å². The monoisotopic (exact) mass is 326 g/mol. The first-order valence-electron chi connectivity index (χ1n) is 8.20. The number of carbonyl (C=O) groups is 1. The highest BCUT2D eigenvalue weighted by molar-refractivity contribution is 5.92. The first kappa shape index (κ1) is 16.5. The molecule has 0 bridgehead atoms. The fourth-order valence-electron chi connectivity index (χ4n) is 2.90. The van der Waals surface area contributed by atoms with Crippen LogP contribution in [0.15, 0.2) is 42.5 Å². The van der Waals surface area contributed by atoms with Gasteiger partial charge in [0.25, 0.3) is 5.91 Å². The molecule has 2 heterocycles. The number of pyridine rings is 1. The van der Waals surface area contributed by atoms with Crippen molar-refractivity contribution >= 4 is 5.91 Å². The van der Waals surface area contributed by atoms with Crippen LogP contribution in [0.25, 0.3) is 0 Å². The normalized spacial score (nSPS) is 16.6. The van der Waals surface area contributed by atoms with Gasteiger partial charge < -0.3 is 14.8 Å². The first-order valence-corrected chi connectivity index (χ1v) is 8.20. The number of rotatable bonds is 5. The number of aromatic nitrogens is 1. The molecule has 1 aliphatic heterocycles. The van der Waals surface area contributed by atoms with Crippen molar-refractivity contribution in [3.63, 3.8) is 0 Å². The molecule has 126 valence electrons. The van der Waals surface area contributed by atoms with Crippen molar-refractivity contribution in [1.29, 1.82) is 0 Å². The molecule has 1 aromatic heterocycles. The summed E-state index contributed by atoms with van der Waals surface area (Å²) in [4.78, 5) is 16.6. The van der Waals surface area contributed by atoms with Crippen molar-refractivity contribution in [2.75, 3.05) is 20.3 Å². The van der Waals surface area contributed by atoms with Gasteiger partial charge in [0.1, 0.15) is 11.4 Å². The minimum absolute atomic E-state index is 0.147.